The van der Waals surface area contributed by atoms with Gasteiger partial charge in [-0.2, -0.15) is 15.0 Å². The zero-order valence-electron chi connectivity index (χ0n) is 12.0. The Hall–Kier alpha value is -1.87. The third-order valence-electron chi connectivity index (χ3n) is 3.31. The normalized spacial score (nSPS) is 14.7. The third-order valence-corrected chi connectivity index (χ3v) is 4.02. The number of hydrogen-bond donors (Lipinski definition) is 2. The fraction of sp³-hybridized carbons (Fsp3) is 0.500. The highest BCUT2D eigenvalue weighted by Gasteiger charge is 2.18. The maximum absolute atomic E-state index is 5.54. The fourth-order valence-electron chi connectivity index (χ4n) is 2.08. The monoisotopic (exact) mass is 307 g/mol. The molecule has 1 fully saturated rings. The Morgan fingerprint density at radius 3 is 2.52 bits per heavy atom. The Bertz CT molecular complexity index is 619. The van der Waals surface area contributed by atoms with E-state index in [1.54, 1.807) is 0 Å². The number of anilines is 2. The predicted octanol–water partition coefficient (Wildman–Crippen LogP) is 1.51. The zero-order chi connectivity index (χ0) is 14.8. The molecule has 0 atom stereocenters. The molecule has 1 saturated heterocycles. The van der Waals surface area contributed by atoms with Crippen molar-refractivity contribution < 1.29 is 4.42 Å². The van der Waals surface area contributed by atoms with Crippen LogP contribution in [0.1, 0.15) is 24.3 Å². The van der Waals surface area contributed by atoms with Crippen LogP contribution < -0.4 is 16.2 Å². The summed E-state index contributed by atoms with van der Waals surface area (Å²) in [5.41, 5.74) is 3.34. The van der Waals surface area contributed by atoms with Crippen LogP contribution in [0.2, 0.25) is 0 Å². The Balaban J connectivity index is 1.88. The SMILES string of the molecule is Cc1nc(Sc2nc(NN)nc(N3CCCC3)n2)oc1C. The van der Waals surface area contributed by atoms with Crippen LogP contribution in [0, 0.1) is 13.8 Å². The van der Waals surface area contributed by atoms with Gasteiger partial charge in [0.15, 0.2) is 0 Å². The van der Waals surface area contributed by atoms with Gasteiger partial charge in [-0.15, -0.1) is 0 Å². The van der Waals surface area contributed by atoms with Gasteiger partial charge in [0.1, 0.15) is 5.76 Å². The topological polar surface area (TPSA) is 106 Å². The number of rotatable bonds is 4. The van der Waals surface area contributed by atoms with Gasteiger partial charge in [-0.3, -0.25) is 5.43 Å². The van der Waals surface area contributed by atoms with Crippen molar-refractivity contribution in [2.45, 2.75) is 37.1 Å². The fourth-order valence-corrected chi connectivity index (χ4v) is 2.84. The third kappa shape index (κ3) is 3.08. The van der Waals surface area contributed by atoms with Gasteiger partial charge < -0.3 is 9.32 Å². The maximum atomic E-state index is 5.54. The molecule has 8 nitrogen and oxygen atoms in total. The van der Waals surface area contributed by atoms with Gasteiger partial charge in [0.05, 0.1) is 5.69 Å². The van der Waals surface area contributed by atoms with E-state index in [1.807, 2.05) is 13.8 Å². The second kappa shape index (κ2) is 5.86. The Morgan fingerprint density at radius 1 is 1.14 bits per heavy atom. The van der Waals surface area contributed by atoms with Crippen LogP contribution in [0.25, 0.3) is 0 Å². The van der Waals surface area contributed by atoms with E-state index in [0.29, 0.717) is 22.3 Å². The maximum Gasteiger partial charge on any atom is 0.264 e. The average molecular weight is 307 g/mol. The number of nitrogen functional groups attached to an aromatic ring is 1. The van der Waals surface area contributed by atoms with Crippen molar-refractivity contribution in [1.82, 2.24) is 19.9 Å². The molecule has 0 radical (unpaired) electrons. The summed E-state index contributed by atoms with van der Waals surface area (Å²) in [6, 6.07) is 0. The Kier molecular flexibility index (Phi) is 3.93. The number of nitrogens with zero attached hydrogens (tertiary/aromatic N) is 5. The molecule has 3 heterocycles. The number of aryl methyl sites for hydroxylation is 2. The number of nitrogens with two attached hydrogens (primary N) is 1. The molecule has 1 aliphatic rings. The van der Waals surface area contributed by atoms with Crippen LogP contribution in [-0.4, -0.2) is 33.0 Å². The lowest BCUT2D eigenvalue weighted by atomic mass is 10.4. The van der Waals surface area contributed by atoms with Crippen molar-refractivity contribution in [1.29, 1.82) is 0 Å². The Morgan fingerprint density at radius 2 is 1.90 bits per heavy atom. The van der Waals surface area contributed by atoms with Crippen molar-refractivity contribution >= 4 is 23.7 Å². The van der Waals surface area contributed by atoms with Crippen molar-refractivity contribution in [3.8, 4) is 0 Å². The second-order valence-electron chi connectivity index (χ2n) is 4.80. The first-order valence-electron chi connectivity index (χ1n) is 6.75. The summed E-state index contributed by atoms with van der Waals surface area (Å²) in [6.07, 6.45) is 2.30. The lowest BCUT2D eigenvalue weighted by molar-refractivity contribution is 0.430. The molecule has 0 bridgehead atoms. The van der Waals surface area contributed by atoms with Gasteiger partial charge in [-0.1, -0.05) is 0 Å². The van der Waals surface area contributed by atoms with Crippen LogP contribution in [0.15, 0.2) is 14.8 Å². The molecular weight excluding hydrogens is 290 g/mol. The summed E-state index contributed by atoms with van der Waals surface area (Å²) in [7, 11) is 0. The minimum atomic E-state index is 0.342. The van der Waals surface area contributed by atoms with Crippen molar-refractivity contribution in [3.05, 3.63) is 11.5 Å². The number of nitrogens with one attached hydrogen (secondary N) is 1. The largest absolute Gasteiger partial charge is 0.436 e. The quantitative estimate of drug-likeness (QED) is 0.642. The van der Waals surface area contributed by atoms with Gasteiger partial charge in [-0.05, 0) is 26.7 Å². The minimum absolute atomic E-state index is 0.342. The lowest BCUT2D eigenvalue weighted by Gasteiger charge is -2.15. The molecule has 3 rings (SSSR count). The molecule has 0 saturated carbocycles. The second-order valence-corrected chi connectivity index (χ2v) is 5.72. The summed E-state index contributed by atoms with van der Waals surface area (Å²) < 4.78 is 5.54. The molecule has 2 aromatic rings. The van der Waals surface area contributed by atoms with Crippen LogP contribution in [-0.2, 0) is 0 Å². The number of aromatic nitrogens is 4. The highest BCUT2D eigenvalue weighted by Crippen LogP contribution is 2.28. The lowest BCUT2D eigenvalue weighted by Crippen LogP contribution is -2.22. The summed E-state index contributed by atoms with van der Waals surface area (Å²) in [5, 5.41) is 1.03. The molecule has 0 aliphatic carbocycles. The number of oxazole rings is 1. The molecule has 0 unspecified atom stereocenters. The van der Waals surface area contributed by atoms with Crippen LogP contribution in [0.4, 0.5) is 11.9 Å². The zero-order valence-corrected chi connectivity index (χ0v) is 12.8. The predicted molar refractivity (Wildman–Crippen MR) is 79.2 cm³/mol. The van der Waals surface area contributed by atoms with Gasteiger partial charge in [0.25, 0.3) is 5.22 Å². The standard InChI is InChI=1S/C12H17N7OS/c1-7-8(2)20-12(14-7)21-11-16-9(18-13)15-10(17-11)19-5-3-4-6-19/h3-6,13H2,1-2H3,(H,15,16,17,18). The summed E-state index contributed by atoms with van der Waals surface area (Å²) in [4.78, 5) is 19.4. The van der Waals surface area contributed by atoms with Crippen molar-refractivity contribution in [3.63, 3.8) is 0 Å². The van der Waals surface area contributed by atoms with Crippen molar-refractivity contribution in [2.24, 2.45) is 5.84 Å². The molecule has 1 aliphatic heterocycles. The van der Waals surface area contributed by atoms with Crippen LogP contribution in [0.5, 0.6) is 0 Å². The van der Waals surface area contributed by atoms with E-state index in [-0.39, 0.29) is 0 Å². The van der Waals surface area contributed by atoms with E-state index >= 15 is 0 Å². The van der Waals surface area contributed by atoms with Gasteiger partial charge in [-0.25, -0.2) is 10.8 Å². The van der Waals surface area contributed by atoms with E-state index in [4.69, 9.17) is 10.3 Å². The van der Waals surface area contributed by atoms with Crippen LogP contribution in [0.3, 0.4) is 0 Å². The first-order valence-corrected chi connectivity index (χ1v) is 7.57. The van der Waals surface area contributed by atoms with E-state index < -0.39 is 0 Å². The molecule has 0 amide bonds. The molecule has 2 aromatic heterocycles. The summed E-state index contributed by atoms with van der Waals surface area (Å²) >= 11 is 1.26. The Labute approximate surface area is 126 Å². The van der Waals surface area contributed by atoms with Gasteiger partial charge >= 0.3 is 0 Å². The highest BCUT2D eigenvalue weighted by atomic mass is 32.2. The molecule has 0 spiro atoms. The first kappa shape index (κ1) is 14.1. The van der Waals surface area contributed by atoms with E-state index in [2.05, 4.69) is 30.3 Å². The summed E-state index contributed by atoms with van der Waals surface area (Å²) in [5.74, 6) is 7.21. The molecular formula is C12H17N7OS. The van der Waals surface area contributed by atoms with Gasteiger partial charge in [0.2, 0.25) is 17.1 Å². The molecule has 21 heavy (non-hydrogen) atoms. The molecule has 3 N–H and O–H groups in total. The summed E-state index contributed by atoms with van der Waals surface area (Å²) in [6.45, 7) is 5.69. The number of hydrogen-bond acceptors (Lipinski definition) is 9. The molecule has 0 aromatic carbocycles. The van der Waals surface area contributed by atoms with E-state index in [9.17, 15) is 0 Å². The first-order chi connectivity index (χ1) is 10.2. The van der Waals surface area contributed by atoms with Crippen molar-refractivity contribution in [2.75, 3.05) is 23.4 Å². The minimum Gasteiger partial charge on any atom is -0.436 e. The molecule has 112 valence electrons. The average Bonchev–Trinajstić information content (AvgIpc) is 3.09. The molecule has 9 heteroatoms. The van der Waals surface area contributed by atoms with Gasteiger partial charge in [0, 0.05) is 24.9 Å². The smallest absolute Gasteiger partial charge is 0.264 e. The van der Waals surface area contributed by atoms with Crippen LogP contribution >= 0.6 is 11.8 Å². The van der Waals surface area contributed by atoms with E-state index in [0.717, 1.165) is 37.4 Å². The number of hydrazine groups is 1. The van der Waals surface area contributed by atoms with E-state index in [1.165, 1.54) is 11.8 Å². The highest BCUT2D eigenvalue weighted by molar-refractivity contribution is 7.98.